The molecule has 0 fully saturated rings. The molecule has 0 aliphatic carbocycles. The van der Waals surface area contributed by atoms with Gasteiger partial charge in [-0.05, 0) is 47.2 Å². The zero-order chi connectivity index (χ0) is 17.6. The van der Waals surface area contributed by atoms with Crippen molar-refractivity contribution in [1.29, 1.82) is 5.26 Å². The Morgan fingerprint density at radius 3 is 2.36 bits per heavy atom. The summed E-state index contributed by atoms with van der Waals surface area (Å²) < 4.78 is 0. The Balaban J connectivity index is 1.73. The van der Waals surface area contributed by atoms with Gasteiger partial charge in [0.1, 0.15) is 17.4 Å². The van der Waals surface area contributed by atoms with Crippen LogP contribution in [-0.2, 0) is 4.79 Å². The molecule has 5 nitrogen and oxygen atoms in total. The summed E-state index contributed by atoms with van der Waals surface area (Å²) in [7, 11) is 0. The van der Waals surface area contributed by atoms with Gasteiger partial charge in [-0.25, -0.2) is 0 Å². The number of nitriles is 1. The number of rotatable bonds is 4. The lowest BCUT2D eigenvalue weighted by atomic mass is 10.1. The van der Waals surface area contributed by atoms with Crippen molar-refractivity contribution in [2.45, 2.75) is 0 Å². The second-order valence-corrected chi connectivity index (χ2v) is 5.38. The number of benzene rings is 3. The number of carbonyl (C=O) groups is 1. The maximum absolute atomic E-state index is 12.2. The standard InChI is InChI=1S/C20H15N3O2/c21-12-16(20(25)23-17-7-9-19(24)10-8-17)13-22-18-6-5-14-3-1-2-4-15(14)11-18/h1-11,13,22,24H,(H,23,25)/b16-13-. The van der Waals surface area contributed by atoms with E-state index in [2.05, 4.69) is 10.6 Å². The van der Waals surface area contributed by atoms with E-state index >= 15 is 0 Å². The van der Waals surface area contributed by atoms with Crippen LogP contribution in [0.1, 0.15) is 0 Å². The second-order valence-electron chi connectivity index (χ2n) is 5.38. The molecule has 1 amide bonds. The van der Waals surface area contributed by atoms with Crippen LogP contribution in [0.25, 0.3) is 10.8 Å². The maximum atomic E-state index is 12.2. The normalized spacial score (nSPS) is 10.9. The SMILES string of the molecule is N#C/C(=C/Nc1ccc2ccccc2c1)C(=O)Nc1ccc(O)cc1. The van der Waals surface area contributed by atoms with Gasteiger partial charge in [-0.2, -0.15) is 5.26 Å². The van der Waals surface area contributed by atoms with Gasteiger partial charge in [0.25, 0.3) is 5.91 Å². The van der Waals surface area contributed by atoms with Crippen LogP contribution >= 0.6 is 0 Å². The Morgan fingerprint density at radius 1 is 0.960 bits per heavy atom. The van der Waals surface area contributed by atoms with E-state index in [4.69, 9.17) is 0 Å². The predicted molar refractivity (Wildman–Crippen MR) is 98.0 cm³/mol. The Hall–Kier alpha value is -3.78. The number of fused-ring (bicyclic) bond motifs is 1. The number of phenolic OH excluding ortho intramolecular Hbond substituents is 1. The number of phenols is 1. The number of nitrogens with one attached hydrogen (secondary N) is 2. The highest BCUT2D eigenvalue weighted by molar-refractivity contribution is 6.06. The number of anilines is 2. The van der Waals surface area contributed by atoms with Crippen molar-refractivity contribution >= 4 is 28.1 Å². The Kier molecular flexibility index (Phi) is 4.63. The highest BCUT2D eigenvalue weighted by Gasteiger charge is 2.09. The largest absolute Gasteiger partial charge is 0.508 e. The highest BCUT2D eigenvalue weighted by Crippen LogP contribution is 2.19. The van der Waals surface area contributed by atoms with E-state index in [1.54, 1.807) is 12.1 Å². The van der Waals surface area contributed by atoms with E-state index in [0.29, 0.717) is 5.69 Å². The van der Waals surface area contributed by atoms with E-state index in [-0.39, 0.29) is 11.3 Å². The van der Waals surface area contributed by atoms with Crippen LogP contribution in [0.5, 0.6) is 5.75 Å². The summed E-state index contributed by atoms with van der Waals surface area (Å²) in [6, 6.07) is 21.6. The van der Waals surface area contributed by atoms with Crippen molar-refractivity contribution in [2.75, 3.05) is 10.6 Å². The molecule has 0 aliphatic heterocycles. The van der Waals surface area contributed by atoms with E-state index in [9.17, 15) is 15.2 Å². The molecule has 3 aromatic carbocycles. The number of amides is 1. The topological polar surface area (TPSA) is 85.2 Å². The van der Waals surface area contributed by atoms with Gasteiger partial charge >= 0.3 is 0 Å². The number of aromatic hydroxyl groups is 1. The average molecular weight is 329 g/mol. The molecule has 122 valence electrons. The lowest BCUT2D eigenvalue weighted by Gasteiger charge is -2.06. The van der Waals surface area contributed by atoms with Gasteiger partial charge in [0.2, 0.25) is 0 Å². The van der Waals surface area contributed by atoms with Crippen molar-refractivity contribution < 1.29 is 9.90 Å². The van der Waals surface area contributed by atoms with Crippen LogP contribution < -0.4 is 10.6 Å². The Bertz CT molecular complexity index is 986. The molecule has 0 aliphatic rings. The quantitative estimate of drug-likeness (QED) is 0.384. The first-order valence-corrected chi connectivity index (χ1v) is 7.62. The molecule has 0 heterocycles. The van der Waals surface area contributed by atoms with Crippen LogP contribution in [-0.4, -0.2) is 11.0 Å². The molecule has 3 rings (SSSR count). The first-order valence-electron chi connectivity index (χ1n) is 7.62. The average Bonchev–Trinajstić information content (AvgIpc) is 2.64. The first kappa shape index (κ1) is 16.1. The molecule has 0 aromatic heterocycles. The third-order valence-corrected chi connectivity index (χ3v) is 3.62. The molecule has 3 N–H and O–H groups in total. The molecule has 25 heavy (non-hydrogen) atoms. The van der Waals surface area contributed by atoms with Crippen molar-refractivity contribution in [2.24, 2.45) is 0 Å². The van der Waals surface area contributed by atoms with E-state index in [1.807, 2.05) is 48.5 Å². The molecule has 3 aromatic rings. The van der Waals surface area contributed by atoms with Crippen molar-refractivity contribution in [3.8, 4) is 11.8 Å². The summed E-state index contributed by atoms with van der Waals surface area (Å²) in [6.45, 7) is 0. The van der Waals surface area contributed by atoms with Crippen LogP contribution in [0.15, 0.2) is 78.5 Å². The number of nitrogens with zero attached hydrogens (tertiary/aromatic N) is 1. The summed E-state index contributed by atoms with van der Waals surface area (Å²) >= 11 is 0. The first-order chi connectivity index (χ1) is 12.2. The molecular formula is C20H15N3O2. The summed E-state index contributed by atoms with van der Waals surface area (Å²) in [5.41, 5.74) is 1.22. The van der Waals surface area contributed by atoms with E-state index < -0.39 is 5.91 Å². The van der Waals surface area contributed by atoms with Crippen molar-refractivity contribution in [3.63, 3.8) is 0 Å². The lowest BCUT2D eigenvalue weighted by Crippen LogP contribution is -2.14. The van der Waals surface area contributed by atoms with Gasteiger partial charge in [-0.3, -0.25) is 4.79 Å². The third kappa shape index (κ3) is 3.95. The predicted octanol–water partition coefficient (Wildman–Crippen LogP) is 4.00. The molecule has 5 heteroatoms. The molecule has 0 saturated carbocycles. The fourth-order valence-corrected chi connectivity index (χ4v) is 2.33. The highest BCUT2D eigenvalue weighted by atomic mass is 16.3. The zero-order valence-corrected chi connectivity index (χ0v) is 13.2. The summed E-state index contributed by atoms with van der Waals surface area (Å²) in [6.07, 6.45) is 1.37. The minimum Gasteiger partial charge on any atom is -0.508 e. The third-order valence-electron chi connectivity index (χ3n) is 3.62. The molecule has 0 radical (unpaired) electrons. The zero-order valence-electron chi connectivity index (χ0n) is 13.2. The van der Waals surface area contributed by atoms with Gasteiger partial charge < -0.3 is 15.7 Å². The smallest absolute Gasteiger partial charge is 0.267 e. The number of carbonyl (C=O) groups excluding carboxylic acids is 1. The molecule has 0 bridgehead atoms. The minimum atomic E-state index is -0.526. The molecule has 0 spiro atoms. The monoisotopic (exact) mass is 329 g/mol. The molecule has 0 atom stereocenters. The van der Waals surface area contributed by atoms with Gasteiger partial charge in [0.05, 0.1) is 0 Å². The summed E-state index contributed by atoms with van der Waals surface area (Å²) in [5.74, 6) is -0.423. The summed E-state index contributed by atoms with van der Waals surface area (Å²) in [4.78, 5) is 12.2. The second kappa shape index (κ2) is 7.20. The Labute approximate surface area is 144 Å². The maximum Gasteiger partial charge on any atom is 0.267 e. The van der Waals surface area contributed by atoms with Crippen molar-refractivity contribution in [3.05, 3.63) is 78.5 Å². The number of hydrogen-bond donors (Lipinski definition) is 3. The van der Waals surface area contributed by atoms with Crippen molar-refractivity contribution in [1.82, 2.24) is 0 Å². The molecular weight excluding hydrogens is 314 g/mol. The van der Waals surface area contributed by atoms with E-state index in [1.165, 1.54) is 18.3 Å². The molecule has 0 unspecified atom stereocenters. The van der Waals surface area contributed by atoms with Crippen LogP contribution in [0.3, 0.4) is 0 Å². The van der Waals surface area contributed by atoms with Crippen LogP contribution in [0.2, 0.25) is 0 Å². The van der Waals surface area contributed by atoms with E-state index in [0.717, 1.165) is 16.5 Å². The fourth-order valence-electron chi connectivity index (χ4n) is 2.33. The van der Waals surface area contributed by atoms with Gasteiger partial charge in [-0.15, -0.1) is 0 Å². The fraction of sp³-hybridized carbons (Fsp3) is 0. The van der Waals surface area contributed by atoms with Gasteiger partial charge in [0.15, 0.2) is 0 Å². The van der Waals surface area contributed by atoms with Gasteiger partial charge in [-0.1, -0.05) is 30.3 Å². The number of hydrogen-bond acceptors (Lipinski definition) is 4. The van der Waals surface area contributed by atoms with Gasteiger partial charge in [0, 0.05) is 17.6 Å². The summed E-state index contributed by atoms with van der Waals surface area (Å²) in [5, 5.41) is 26.2. The van der Waals surface area contributed by atoms with Crippen LogP contribution in [0.4, 0.5) is 11.4 Å². The van der Waals surface area contributed by atoms with Crippen LogP contribution in [0, 0.1) is 11.3 Å². The Morgan fingerprint density at radius 2 is 1.64 bits per heavy atom. The molecule has 0 saturated heterocycles. The minimum absolute atomic E-state index is 0.0544. The lowest BCUT2D eigenvalue weighted by molar-refractivity contribution is -0.112.